The predicted octanol–water partition coefficient (Wildman–Crippen LogP) is 2.13. The molecule has 0 heterocycles. The molecule has 0 saturated carbocycles. The summed E-state index contributed by atoms with van der Waals surface area (Å²) in [6.07, 6.45) is 0.128. The summed E-state index contributed by atoms with van der Waals surface area (Å²) < 4.78 is 25.9. The molecule has 0 saturated heterocycles. The van der Waals surface area contributed by atoms with Gasteiger partial charge in [0.15, 0.2) is 0 Å². The Hall–Kier alpha value is -0.820. The first-order chi connectivity index (χ1) is 8.26. The van der Waals surface area contributed by atoms with Crippen molar-refractivity contribution in [2.75, 3.05) is 0 Å². The standard InChI is InChI=1S/C10H11Cl2NO4S/c1-2-9(10(14)15)13-18(16,17)8-4-6(11)3-7(12)5-8/h3-5,9,13H,2H2,1H3,(H,14,15). The summed E-state index contributed by atoms with van der Waals surface area (Å²) in [7, 11) is -3.96. The number of benzene rings is 1. The van der Waals surface area contributed by atoms with Crippen molar-refractivity contribution in [1.82, 2.24) is 4.72 Å². The molecule has 1 atom stereocenters. The minimum absolute atomic E-state index is 0.128. The first-order valence-electron chi connectivity index (χ1n) is 4.97. The van der Waals surface area contributed by atoms with Gasteiger partial charge in [-0.15, -0.1) is 0 Å². The smallest absolute Gasteiger partial charge is 0.321 e. The minimum Gasteiger partial charge on any atom is -0.480 e. The van der Waals surface area contributed by atoms with E-state index in [9.17, 15) is 13.2 Å². The van der Waals surface area contributed by atoms with Gasteiger partial charge in [0.05, 0.1) is 4.90 Å². The third kappa shape index (κ3) is 3.84. The molecule has 0 fully saturated rings. The van der Waals surface area contributed by atoms with Crippen molar-refractivity contribution in [2.45, 2.75) is 24.3 Å². The number of nitrogens with one attached hydrogen (secondary N) is 1. The van der Waals surface area contributed by atoms with Gasteiger partial charge >= 0.3 is 5.97 Å². The van der Waals surface area contributed by atoms with Crippen LogP contribution in [0, 0.1) is 0 Å². The number of carbonyl (C=O) groups is 1. The summed E-state index contributed by atoms with van der Waals surface area (Å²) in [6.45, 7) is 1.56. The van der Waals surface area contributed by atoms with Crippen molar-refractivity contribution in [3.63, 3.8) is 0 Å². The largest absolute Gasteiger partial charge is 0.480 e. The maximum atomic E-state index is 11.9. The van der Waals surface area contributed by atoms with Crippen molar-refractivity contribution in [3.8, 4) is 0 Å². The van der Waals surface area contributed by atoms with Crippen LogP contribution in [0.1, 0.15) is 13.3 Å². The summed E-state index contributed by atoms with van der Waals surface area (Å²) in [5.74, 6) is -1.24. The highest BCUT2D eigenvalue weighted by Gasteiger charge is 2.24. The molecule has 0 aliphatic carbocycles. The van der Waals surface area contributed by atoms with Gasteiger partial charge in [0.25, 0.3) is 0 Å². The first kappa shape index (κ1) is 15.2. The lowest BCUT2D eigenvalue weighted by Crippen LogP contribution is -2.40. The summed E-state index contributed by atoms with van der Waals surface area (Å²) in [6, 6.07) is 2.60. The molecular formula is C10H11Cl2NO4S. The number of carboxylic acid groups (broad SMARTS) is 1. The molecule has 0 radical (unpaired) electrons. The van der Waals surface area contributed by atoms with Crippen LogP contribution in [0.4, 0.5) is 0 Å². The Bertz CT molecular complexity index is 539. The molecule has 1 unspecified atom stereocenters. The van der Waals surface area contributed by atoms with Crippen LogP contribution in [0.15, 0.2) is 23.1 Å². The number of halogens is 2. The van der Waals surface area contributed by atoms with Gasteiger partial charge in [-0.3, -0.25) is 4.79 Å². The summed E-state index contributed by atoms with van der Waals surface area (Å²) in [4.78, 5) is 10.6. The summed E-state index contributed by atoms with van der Waals surface area (Å²) in [5, 5.41) is 9.13. The third-order valence-electron chi connectivity index (χ3n) is 2.15. The van der Waals surface area contributed by atoms with E-state index >= 15 is 0 Å². The molecule has 1 aromatic rings. The molecule has 1 aromatic carbocycles. The highest BCUT2D eigenvalue weighted by Crippen LogP contribution is 2.22. The highest BCUT2D eigenvalue weighted by molar-refractivity contribution is 7.89. The highest BCUT2D eigenvalue weighted by atomic mass is 35.5. The second-order valence-corrected chi connectivity index (χ2v) is 6.11. The lowest BCUT2D eigenvalue weighted by Gasteiger charge is -2.13. The van der Waals surface area contributed by atoms with Crippen molar-refractivity contribution in [2.24, 2.45) is 0 Å². The number of hydrogen-bond donors (Lipinski definition) is 2. The van der Waals surface area contributed by atoms with Gasteiger partial charge in [0, 0.05) is 10.0 Å². The van der Waals surface area contributed by atoms with Gasteiger partial charge in [0.2, 0.25) is 10.0 Å². The maximum absolute atomic E-state index is 11.9. The predicted molar refractivity (Wildman–Crippen MR) is 68.5 cm³/mol. The quantitative estimate of drug-likeness (QED) is 0.872. The number of rotatable bonds is 5. The van der Waals surface area contributed by atoms with E-state index in [1.807, 2.05) is 0 Å². The second kappa shape index (κ2) is 5.88. The summed E-state index contributed by atoms with van der Waals surface area (Å²) >= 11 is 11.4. The van der Waals surface area contributed by atoms with Crippen molar-refractivity contribution < 1.29 is 18.3 Å². The Balaban J connectivity index is 3.10. The Kier molecular flexibility index (Phi) is 4.98. The lowest BCUT2D eigenvalue weighted by atomic mass is 10.2. The van der Waals surface area contributed by atoms with Crippen LogP contribution >= 0.6 is 23.2 Å². The van der Waals surface area contributed by atoms with E-state index in [0.717, 1.165) is 0 Å². The molecule has 0 aliphatic rings. The van der Waals surface area contributed by atoms with Crippen LogP contribution in [0.2, 0.25) is 10.0 Å². The minimum atomic E-state index is -3.96. The zero-order valence-corrected chi connectivity index (χ0v) is 11.7. The van der Waals surface area contributed by atoms with Crippen LogP contribution in [-0.2, 0) is 14.8 Å². The van der Waals surface area contributed by atoms with Crippen LogP contribution in [0.25, 0.3) is 0 Å². The Labute approximate surface area is 115 Å². The van der Waals surface area contributed by atoms with E-state index in [4.69, 9.17) is 28.3 Å². The van der Waals surface area contributed by atoms with Crippen LogP contribution in [0.5, 0.6) is 0 Å². The average molecular weight is 312 g/mol. The fourth-order valence-corrected chi connectivity index (χ4v) is 3.25. The molecule has 8 heteroatoms. The van der Waals surface area contributed by atoms with Crippen molar-refractivity contribution in [3.05, 3.63) is 28.2 Å². The number of hydrogen-bond acceptors (Lipinski definition) is 3. The molecule has 1 rings (SSSR count). The van der Waals surface area contributed by atoms with E-state index < -0.39 is 22.0 Å². The third-order valence-corrected chi connectivity index (χ3v) is 4.04. The molecule has 18 heavy (non-hydrogen) atoms. The van der Waals surface area contributed by atoms with Gasteiger partial charge in [-0.2, -0.15) is 4.72 Å². The van der Waals surface area contributed by atoms with E-state index in [1.54, 1.807) is 6.92 Å². The molecule has 100 valence electrons. The summed E-state index contributed by atoms with van der Waals surface area (Å²) in [5.41, 5.74) is 0. The molecule has 2 N–H and O–H groups in total. The molecule has 0 bridgehead atoms. The van der Waals surface area contributed by atoms with Gasteiger partial charge in [-0.25, -0.2) is 8.42 Å². The SMILES string of the molecule is CCC(NS(=O)(=O)c1cc(Cl)cc(Cl)c1)C(=O)O. The fraction of sp³-hybridized carbons (Fsp3) is 0.300. The average Bonchev–Trinajstić information content (AvgIpc) is 2.24. The fourth-order valence-electron chi connectivity index (χ4n) is 1.25. The number of aliphatic carboxylic acids is 1. The maximum Gasteiger partial charge on any atom is 0.321 e. The van der Waals surface area contributed by atoms with E-state index in [0.29, 0.717) is 0 Å². The Morgan fingerprint density at radius 3 is 2.22 bits per heavy atom. The van der Waals surface area contributed by atoms with Gasteiger partial charge < -0.3 is 5.11 Å². The van der Waals surface area contributed by atoms with E-state index in [2.05, 4.69) is 4.72 Å². The second-order valence-electron chi connectivity index (χ2n) is 3.53. The monoisotopic (exact) mass is 311 g/mol. The number of carboxylic acids is 1. The number of sulfonamides is 1. The zero-order chi connectivity index (χ0) is 13.9. The van der Waals surface area contributed by atoms with Crippen molar-refractivity contribution in [1.29, 1.82) is 0 Å². The first-order valence-corrected chi connectivity index (χ1v) is 7.21. The van der Waals surface area contributed by atoms with Crippen molar-refractivity contribution >= 4 is 39.2 Å². The van der Waals surface area contributed by atoms with Crippen LogP contribution < -0.4 is 4.72 Å². The zero-order valence-electron chi connectivity index (χ0n) is 9.35. The molecule has 0 aromatic heterocycles. The topological polar surface area (TPSA) is 83.5 Å². The van der Waals surface area contributed by atoms with Gasteiger partial charge in [0.1, 0.15) is 6.04 Å². The molecule has 0 amide bonds. The Morgan fingerprint density at radius 1 is 1.33 bits per heavy atom. The normalized spacial score (nSPS) is 13.3. The van der Waals surface area contributed by atoms with E-state index in [1.165, 1.54) is 18.2 Å². The van der Waals surface area contributed by atoms with Crippen LogP contribution in [0.3, 0.4) is 0 Å². The molecular weight excluding hydrogens is 301 g/mol. The molecule has 0 spiro atoms. The van der Waals surface area contributed by atoms with Gasteiger partial charge in [-0.05, 0) is 24.6 Å². The van der Waals surface area contributed by atoms with Crippen LogP contribution in [-0.4, -0.2) is 25.5 Å². The van der Waals surface area contributed by atoms with E-state index in [-0.39, 0.29) is 21.4 Å². The Morgan fingerprint density at radius 2 is 1.83 bits per heavy atom. The lowest BCUT2D eigenvalue weighted by molar-refractivity contribution is -0.139. The molecule has 5 nitrogen and oxygen atoms in total. The molecule has 0 aliphatic heterocycles. The van der Waals surface area contributed by atoms with Gasteiger partial charge in [-0.1, -0.05) is 30.1 Å².